The summed E-state index contributed by atoms with van der Waals surface area (Å²) in [4.78, 5) is 16.3. The van der Waals surface area contributed by atoms with Crippen LogP contribution >= 0.6 is 0 Å². The number of pyridine rings is 1. The topological polar surface area (TPSA) is 119 Å². The molecule has 1 aliphatic rings. The van der Waals surface area contributed by atoms with Crippen molar-refractivity contribution in [1.82, 2.24) is 14.3 Å². The highest BCUT2D eigenvalue weighted by atomic mass is 32.2. The highest BCUT2D eigenvalue weighted by Gasteiger charge is 2.30. The summed E-state index contributed by atoms with van der Waals surface area (Å²) < 4.78 is 64.7. The number of amides is 1. The summed E-state index contributed by atoms with van der Waals surface area (Å²) in [5, 5.41) is 6.22. The number of fused-ring (bicyclic) bond motifs is 1. The van der Waals surface area contributed by atoms with Crippen LogP contribution in [-0.4, -0.2) is 48.1 Å². The van der Waals surface area contributed by atoms with Gasteiger partial charge in [0.2, 0.25) is 0 Å². The van der Waals surface area contributed by atoms with Crippen molar-refractivity contribution in [2.45, 2.75) is 48.8 Å². The van der Waals surface area contributed by atoms with Crippen molar-refractivity contribution in [2.24, 2.45) is 5.73 Å². The van der Waals surface area contributed by atoms with Gasteiger partial charge in [0.25, 0.3) is 15.9 Å². The number of hydrogen-bond acceptors (Lipinski definition) is 6. The third-order valence-corrected chi connectivity index (χ3v) is 7.59. The molecule has 1 amide bonds. The Balaban J connectivity index is 1.60. The zero-order chi connectivity index (χ0) is 24.5. The fourth-order valence-corrected chi connectivity index (χ4v) is 5.53. The fourth-order valence-electron chi connectivity index (χ4n) is 4.21. The molecule has 4 rings (SSSR count). The van der Waals surface area contributed by atoms with E-state index in [9.17, 15) is 26.4 Å². The molecule has 2 aromatic heterocycles. The van der Waals surface area contributed by atoms with E-state index in [0.717, 1.165) is 3.97 Å². The molecule has 8 nitrogen and oxygen atoms in total. The van der Waals surface area contributed by atoms with Gasteiger partial charge in [0.1, 0.15) is 0 Å². The maximum absolute atomic E-state index is 13.1. The van der Waals surface area contributed by atoms with Crippen LogP contribution in [0.5, 0.6) is 0 Å². The number of alkyl halides is 3. The third kappa shape index (κ3) is 5.02. The lowest BCUT2D eigenvalue weighted by atomic mass is 9.90. The van der Waals surface area contributed by atoms with Crippen molar-refractivity contribution in [1.29, 1.82) is 0 Å². The van der Waals surface area contributed by atoms with Gasteiger partial charge in [-0.3, -0.25) is 4.79 Å². The number of primary amides is 1. The monoisotopic (exact) mass is 495 g/mol. The summed E-state index contributed by atoms with van der Waals surface area (Å²) in [5.41, 5.74) is 6.15. The van der Waals surface area contributed by atoms with Gasteiger partial charge in [0.15, 0.2) is 5.65 Å². The molecule has 2 heterocycles. The lowest BCUT2D eigenvalue weighted by molar-refractivity contribution is -0.126. The zero-order valence-corrected chi connectivity index (χ0v) is 18.9. The van der Waals surface area contributed by atoms with E-state index in [-0.39, 0.29) is 28.2 Å². The van der Waals surface area contributed by atoms with E-state index < -0.39 is 28.7 Å². The van der Waals surface area contributed by atoms with Crippen molar-refractivity contribution in [3.05, 3.63) is 54.4 Å². The first-order valence-electron chi connectivity index (χ1n) is 10.7. The molecule has 0 saturated heterocycles. The summed E-state index contributed by atoms with van der Waals surface area (Å²) >= 11 is 0. The largest absolute Gasteiger partial charge is 0.401 e. The van der Waals surface area contributed by atoms with Crippen LogP contribution in [-0.2, 0) is 10.0 Å². The Morgan fingerprint density at radius 1 is 1.09 bits per heavy atom. The first-order valence-corrected chi connectivity index (χ1v) is 12.2. The number of anilines is 1. The van der Waals surface area contributed by atoms with E-state index in [1.807, 2.05) is 0 Å². The number of nitrogens with one attached hydrogen (secondary N) is 2. The standard InChI is InChI=1S/C22H24F3N5O3S/c23-22(24,25)13-28-14-6-8-15(9-7-14)29-19-17-10-11-30(21(17)27-12-18(19)20(26)31)34(32,33)16-4-2-1-3-5-16/h1-5,10-12,14-15,28H,6-9,13H2,(H2,26,31)(H,27,29). The van der Waals surface area contributed by atoms with Crippen LogP contribution < -0.4 is 16.4 Å². The van der Waals surface area contributed by atoms with E-state index in [2.05, 4.69) is 15.6 Å². The Kier molecular flexibility index (Phi) is 6.54. The molecule has 0 unspecified atom stereocenters. The first-order chi connectivity index (χ1) is 16.1. The molecule has 1 saturated carbocycles. The smallest absolute Gasteiger partial charge is 0.381 e. The molecule has 1 fully saturated rings. The van der Waals surface area contributed by atoms with Gasteiger partial charge in [-0.2, -0.15) is 13.2 Å². The van der Waals surface area contributed by atoms with Crippen LogP contribution in [0, 0.1) is 0 Å². The number of carbonyl (C=O) groups is 1. The van der Waals surface area contributed by atoms with Crippen LogP contribution in [0.15, 0.2) is 53.7 Å². The molecule has 0 aliphatic heterocycles. The van der Waals surface area contributed by atoms with Crippen LogP contribution in [0.2, 0.25) is 0 Å². The van der Waals surface area contributed by atoms with Crippen LogP contribution in [0.4, 0.5) is 18.9 Å². The molecule has 34 heavy (non-hydrogen) atoms. The van der Waals surface area contributed by atoms with E-state index in [1.54, 1.807) is 24.3 Å². The predicted octanol–water partition coefficient (Wildman–Crippen LogP) is 3.25. The van der Waals surface area contributed by atoms with Gasteiger partial charge in [-0.15, -0.1) is 0 Å². The van der Waals surface area contributed by atoms with Gasteiger partial charge < -0.3 is 16.4 Å². The Bertz CT molecular complexity index is 1280. The van der Waals surface area contributed by atoms with Gasteiger partial charge in [-0.05, 0) is 43.9 Å². The molecule has 12 heteroatoms. The molecular weight excluding hydrogens is 471 g/mol. The molecule has 182 valence electrons. The highest BCUT2D eigenvalue weighted by molar-refractivity contribution is 7.90. The third-order valence-electron chi connectivity index (χ3n) is 5.91. The van der Waals surface area contributed by atoms with E-state index in [4.69, 9.17) is 5.73 Å². The van der Waals surface area contributed by atoms with Crippen molar-refractivity contribution in [2.75, 3.05) is 11.9 Å². The number of hydrogen-bond donors (Lipinski definition) is 3. The number of benzene rings is 1. The highest BCUT2D eigenvalue weighted by Crippen LogP contribution is 2.32. The summed E-state index contributed by atoms with van der Waals surface area (Å²) in [6.45, 7) is -1.03. The van der Waals surface area contributed by atoms with Crippen LogP contribution in [0.1, 0.15) is 36.0 Å². The first kappa shape index (κ1) is 24.0. The molecule has 1 aromatic carbocycles. The van der Waals surface area contributed by atoms with Crippen molar-refractivity contribution in [3.63, 3.8) is 0 Å². The van der Waals surface area contributed by atoms with E-state index in [1.165, 1.54) is 24.5 Å². The van der Waals surface area contributed by atoms with Gasteiger partial charge in [0, 0.05) is 29.9 Å². The van der Waals surface area contributed by atoms with Gasteiger partial charge in [-0.1, -0.05) is 18.2 Å². The second-order valence-corrected chi connectivity index (χ2v) is 10.1. The van der Waals surface area contributed by atoms with Gasteiger partial charge >= 0.3 is 6.18 Å². The molecule has 4 N–H and O–H groups in total. The zero-order valence-electron chi connectivity index (χ0n) is 18.0. The van der Waals surface area contributed by atoms with Crippen LogP contribution in [0.3, 0.4) is 0 Å². The molecule has 1 aliphatic carbocycles. The summed E-state index contributed by atoms with van der Waals surface area (Å²) in [7, 11) is -3.92. The van der Waals surface area contributed by atoms with Gasteiger partial charge in [-0.25, -0.2) is 17.4 Å². The minimum Gasteiger partial charge on any atom is -0.381 e. The Morgan fingerprint density at radius 2 is 1.74 bits per heavy atom. The lowest BCUT2D eigenvalue weighted by Crippen LogP contribution is -2.41. The average molecular weight is 496 g/mol. The number of halogens is 3. The van der Waals surface area contributed by atoms with E-state index >= 15 is 0 Å². The number of carbonyl (C=O) groups excluding carboxylic acids is 1. The molecule has 3 aromatic rings. The van der Waals surface area contributed by atoms with Crippen molar-refractivity contribution < 1.29 is 26.4 Å². The molecule has 0 radical (unpaired) electrons. The summed E-state index contributed by atoms with van der Waals surface area (Å²) in [6, 6.07) is 9.07. The number of nitrogens with two attached hydrogens (primary N) is 1. The second kappa shape index (κ2) is 9.26. The molecular formula is C22H24F3N5O3S. The lowest BCUT2D eigenvalue weighted by Gasteiger charge is -2.31. The Morgan fingerprint density at radius 3 is 2.35 bits per heavy atom. The number of aromatic nitrogens is 2. The van der Waals surface area contributed by atoms with Gasteiger partial charge in [0.05, 0.1) is 22.7 Å². The predicted molar refractivity (Wildman–Crippen MR) is 121 cm³/mol. The summed E-state index contributed by atoms with van der Waals surface area (Å²) in [5.74, 6) is -0.726. The number of rotatable bonds is 7. The normalized spacial score (nSPS) is 19.3. The Labute approximate surface area is 194 Å². The number of nitrogens with zero attached hydrogens (tertiary/aromatic N) is 2. The summed E-state index contributed by atoms with van der Waals surface area (Å²) in [6.07, 6.45) is 0.533. The Hall–Kier alpha value is -3.12. The maximum Gasteiger partial charge on any atom is 0.401 e. The average Bonchev–Trinajstić information content (AvgIpc) is 3.24. The van der Waals surface area contributed by atoms with Crippen molar-refractivity contribution in [3.8, 4) is 0 Å². The molecule has 0 atom stereocenters. The van der Waals surface area contributed by atoms with Crippen LogP contribution in [0.25, 0.3) is 11.0 Å². The van der Waals surface area contributed by atoms with Crippen molar-refractivity contribution >= 4 is 32.7 Å². The fraction of sp³-hybridized carbons (Fsp3) is 0.364. The maximum atomic E-state index is 13.1. The SMILES string of the molecule is NC(=O)c1cnc2c(ccn2S(=O)(=O)c2ccccc2)c1NC1CCC(NCC(F)(F)F)CC1. The second-order valence-electron chi connectivity index (χ2n) is 8.27. The minimum atomic E-state index is -4.26. The quantitative estimate of drug-likeness (QED) is 0.463. The molecule has 0 spiro atoms. The minimum absolute atomic E-state index is 0.0902. The van der Waals surface area contributed by atoms with E-state index in [0.29, 0.717) is 36.8 Å². The molecule has 0 bridgehead atoms.